The lowest BCUT2D eigenvalue weighted by atomic mass is 9.85. The lowest BCUT2D eigenvalue weighted by Crippen LogP contribution is -2.40. The summed E-state index contributed by atoms with van der Waals surface area (Å²) in [7, 11) is 0. The van der Waals surface area contributed by atoms with Crippen molar-refractivity contribution in [2.24, 2.45) is 11.1 Å². The van der Waals surface area contributed by atoms with Gasteiger partial charge in [-0.05, 0) is 26.7 Å². The first-order valence-electron chi connectivity index (χ1n) is 6.03. The number of nitrogens with two attached hydrogens (primary N) is 1. The third-order valence-electron chi connectivity index (χ3n) is 3.68. The summed E-state index contributed by atoms with van der Waals surface area (Å²) >= 11 is 1.53. The Morgan fingerprint density at radius 1 is 1.44 bits per heavy atom. The standard InChI is InChI=1S/C12H19N3OS.ClH/c1-8-9(2)17-11(14-8)15-10(16)12(7-13)5-3-4-6-12;/h3-7,13H2,1-2H3,(H,14,15,16);1H. The van der Waals surface area contributed by atoms with E-state index in [1.54, 1.807) is 0 Å². The van der Waals surface area contributed by atoms with Crippen LogP contribution in [-0.2, 0) is 4.79 Å². The molecule has 102 valence electrons. The first kappa shape index (κ1) is 15.4. The Labute approximate surface area is 118 Å². The molecule has 0 radical (unpaired) electrons. The molecule has 2 rings (SSSR count). The van der Waals surface area contributed by atoms with Gasteiger partial charge in [0.2, 0.25) is 5.91 Å². The van der Waals surface area contributed by atoms with Crippen LogP contribution in [0.5, 0.6) is 0 Å². The minimum atomic E-state index is -0.354. The van der Waals surface area contributed by atoms with Crippen LogP contribution in [0.4, 0.5) is 5.13 Å². The zero-order valence-electron chi connectivity index (χ0n) is 10.8. The van der Waals surface area contributed by atoms with E-state index >= 15 is 0 Å². The van der Waals surface area contributed by atoms with E-state index in [-0.39, 0.29) is 23.7 Å². The molecule has 0 unspecified atom stereocenters. The Kier molecular flexibility index (Phi) is 5.13. The van der Waals surface area contributed by atoms with Crippen molar-refractivity contribution in [3.05, 3.63) is 10.6 Å². The Balaban J connectivity index is 0.00000162. The molecule has 1 saturated carbocycles. The highest BCUT2D eigenvalue weighted by atomic mass is 35.5. The second-order valence-corrected chi connectivity index (χ2v) is 6.01. The zero-order valence-corrected chi connectivity index (χ0v) is 12.4. The largest absolute Gasteiger partial charge is 0.329 e. The number of nitrogens with one attached hydrogen (secondary N) is 1. The number of rotatable bonds is 3. The van der Waals surface area contributed by atoms with E-state index in [9.17, 15) is 4.79 Å². The summed E-state index contributed by atoms with van der Waals surface area (Å²) < 4.78 is 0. The van der Waals surface area contributed by atoms with Gasteiger partial charge in [0, 0.05) is 11.4 Å². The number of thiazole rings is 1. The molecule has 0 aliphatic heterocycles. The fraction of sp³-hybridized carbons (Fsp3) is 0.667. The van der Waals surface area contributed by atoms with Gasteiger partial charge in [0.15, 0.2) is 5.13 Å². The molecule has 0 bridgehead atoms. The molecule has 6 heteroatoms. The normalized spacial score (nSPS) is 17.3. The first-order valence-corrected chi connectivity index (χ1v) is 6.84. The number of amides is 1. The van der Waals surface area contributed by atoms with Gasteiger partial charge in [0.25, 0.3) is 0 Å². The molecular weight excluding hydrogens is 270 g/mol. The highest BCUT2D eigenvalue weighted by Gasteiger charge is 2.40. The molecule has 18 heavy (non-hydrogen) atoms. The third kappa shape index (κ3) is 2.84. The van der Waals surface area contributed by atoms with Gasteiger partial charge in [-0.3, -0.25) is 4.79 Å². The van der Waals surface area contributed by atoms with E-state index in [2.05, 4.69) is 10.3 Å². The van der Waals surface area contributed by atoms with Crippen LogP contribution in [0.15, 0.2) is 0 Å². The number of carbonyl (C=O) groups excluding carboxylic acids is 1. The van der Waals surface area contributed by atoms with Crippen LogP contribution in [0.2, 0.25) is 0 Å². The Morgan fingerprint density at radius 3 is 2.50 bits per heavy atom. The maximum absolute atomic E-state index is 12.3. The van der Waals surface area contributed by atoms with Crippen molar-refractivity contribution >= 4 is 34.8 Å². The maximum atomic E-state index is 12.3. The summed E-state index contributed by atoms with van der Waals surface area (Å²) in [4.78, 5) is 17.7. The number of hydrogen-bond acceptors (Lipinski definition) is 4. The minimum absolute atomic E-state index is 0. The molecule has 3 N–H and O–H groups in total. The first-order chi connectivity index (χ1) is 8.07. The average Bonchev–Trinajstić information content (AvgIpc) is 2.88. The van der Waals surface area contributed by atoms with E-state index in [1.165, 1.54) is 11.3 Å². The van der Waals surface area contributed by atoms with Crippen LogP contribution >= 0.6 is 23.7 Å². The summed E-state index contributed by atoms with van der Waals surface area (Å²) in [6.07, 6.45) is 4.00. The van der Waals surface area contributed by atoms with Gasteiger partial charge < -0.3 is 11.1 Å². The topological polar surface area (TPSA) is 68.0 Å². The van der Waals surface area contributed by atoms with Crippen molar-refractivity contribution in [3.63, 3.8) is 0 Å². The minimum Gasteiger partial charge on any atom is -0.329 e. The van der Waals surface area contributed by atoms with Crippen molar-refractivity contribution in [2.75, 3.05) is 11.9 Å². The molecule has 1 fully saturated rings. The molecule has 1 aliphatic carbocycles. The zero-order chi connectivity index (χ0) is 12.5. The number of halogens is 1. The predicted molar refractivity (Wildman–Crippen MR) is 77.4 cm³/mol. The number of aromatic nitrogens is 1. The lowest BCUT2D eigenvalue weighted by molar-refractivity contribution is -0.124. The van der Waals surface area contributed by atoms with E-state index in [4.69, 9.17) is 5.73 Å². The fourth-order valence-corrected chi connectivity index (χ4v) is 3.14. The molecule has 0 atom stereocenters. The fourth-order valence-electron chi connectivity index (χ4n) is 2.33. The average molecular weight is 290 g/mol. The molecule has 1 heterocycles. The SMILES string of the molecule is Cc1nc(NC(=O)C2(CN)CCCC2)sc1C.Cl. The van der Waals surface area contributed by atoms with Crippen LogP contribution in [0.1, 0.15) is 36.3 Å². The quantitative estimate of drug-likeness (QED) is 0.899. The molecule has 0 aromatic carbocycles. The van der Waals surface area contributed by atoms with Crippen LogP contribution < -0.4 is 11.1 Å². The summed E-state index contributed by atoms with van der Waals surface area (Å²) in [5, 5.41) is 3.62. The molecule has 1 amide bonds. The van der Waals surface area contributed by atoms with Crippen LogP contribution in [0.25, 0.3) is 0 Å². The molecule has 4 nitrogen and oxygen atoms in total. The number of carbonyl (C=O) groups is 1. The Bertz CT molecular complexity index is 407. The number of nitrogens with zero attached hydrogens (tertiary/aromatic N) is 1. The highest BCUT2D eigenvalue weighted by molar-refractivity contribution is 7.15. The number of hydrogen-bond donors (Lipinski definition) is 2. The molecular formula is C12H20ClN3OS. The van der Waals surface area contributed by atoms with Gasteiger partial charge >= 0.3 is 0 Å². The van der Waals surface area contributed by atoms with Crippen LogP contribution in [0, 0.1) is 19.3 Å². The van der Waals surface area contributed by atoms with E-state index in [1.807, 2.05) is 13.8 Å². The predicted octanol–water partition coefficient (Wildman–Crippen LogP) is 2.64. The van der Waals surface area contributed by atoms with Gasteiger partial charge in [0.05, 0.1) is 11.1 Å². The van der Waals surface area contributed by atoms with Gasteiger partial charge in [-0.15, -0.1) is 23.7 Å². The van der Waals surface area contributed by atoms with E-state index in [0.29, 0.717) is 11.7 Å². The molecule has 0 spiro atoms. The van der Waals surface area contributed by atoms with Crippen molar-refractivity contribution in [2.45, 2.75) is 39.5 Å². The monoisotopic (exact) mass is 289 g/mol. The third-order valence-corrected chi connectivity index (χ3v) is 4.67. The molecule has 1 aliphatic rings. The summed E-state index contributed by atoms with van der Waals surface area (Å²) in [5.74, 6) is 0.0475. The van der Waals surface area contributed by atoms with E-state index in [0.717, 1.165) is 36.3 Å². The maximum Gasteiger partial charge on any atom is 0.233 e. The van der Waals surface area contributed by atoms with Crippen molar-refractivity contribution in [1.29, 1.82) is 0 Å². The number of anilines is 1. The molecule has 0 saturated heterocycles. The van der Waals surface area contributed by atoms with Crippen LogP contribution in [-0.4, -0.2) is 17.4 Å². The summed E-state index contributed by atoms with van der Waals surface area (Å²) in [5.41, 5.74) is 6.41. The smallest absolute Gasteiger partial charge is 0.233 e. The van der Waals surface area contributed by atoms with Gasteiger partial charge in [0.1, 0.15) is 0 Å². The summed E-state index contributed by atoms with van der Waals surface area (Å²) in [6, 6.07) is 0. The lowest BCUT2D eigenvalue weighted by Gasteiger charge is -2.24. The van der Waals surface area contributed by atoms with Gasteiger partial charge in [-0.1, -0.05) is 12.8 Å². The molecule has 1 aromatic heterocycles. The second kappa shape index (κ2) is 5.99. The van der Waals surface area contributed by atoms with Gasteiger partial charge in [-0.2, -0.15) is 0 Å². The second-order valence-electron chi connectivity index (χ2n) is 4.81. The van der Waals surface area contributed by atoms with E-state index < -0.39 is 0 Å². The van der Waals surface area contributed by atoms with Crippen molar-refractivity contribution < 1.29 is 4.79 Å². The Morgan fingerprint density at radius 2 is 2.06 bits per heavy atom. The van der Waals surface area contributed by atoms with Crippen molar-refractivity contribution in [3.8, 4) is 0 Å². The van der Waals surface area contributed by atoms with Gasteiger partial charge in [-0.25, -0.2) is 4.98 Å². The number of aryl methyl sites for hydroxylation is 2. The Hall–Kier alpha value is -0.650. The summed E-state index contributed by atoms with van der Waals surface area (Å²) in [6.45, 7) is 4.40. The molecule has 1 aromatic rings. The van der Waals surface area contributed by atoms with Crippen molar-refractivity contribution in [1.82, 2.24) is 4.98 Å². The van der Waals surface area contributed by atoms with Crippen LogP contribution in [0.3, 0.4) is 0 Å². The highest BCUT2D eigenvalue weighted by Crippen LogP contribution is 2.38.